The van der Waals surface area contributed by atoms with E-state index in [0.717, 1.165) is 6.07 Å². The molecule has 3 rings (SSSR count). The summed E-state index contributed by atoms with van der Waals surface area (Å²) in [6.07, 6.45) is 1.55. The van der Waals surface area contributed by atoms with E-state index in [-0.39, 0.29) is 6.54 Å². The molecule has 1 fully saturated rings. The molecular weight excluding hydrogens is 337 g/mol. The van der Waals surface area contributed by atoms with E-state index in [1.165, 1.54) is 0 Å². The van der Waals surface area contributed by atoms with Crippen LogP contribution in [0.1, 0.15) is 16.2 Å². The third kappa shape index (κ3) is 3.87. The number of amides is 1. The number of anilines is 1. The number of carbonyl (C=O) groups excluding carboxylic acids is 1. The van der Waals surface area contributed by atoms with Crippen LogP contribution in [0.2, 0.25) is 0 Å². The van der Waals surface area contributed by atoms with E-state index in [1.807, 2.05) is 4.90 Å². The summed E-state index contributed by atoms with van der Waals surface area (Å²) in [4.78, 5) is 22.4. The molecule has 2 heterocycles. The third-order valence-corrected chi connectivity index (χ3v) is 3.71. The van der Waals surface area contributed by atoms with Crippen LogP contribution in [0.3, 0.4) is 0 Å². The van der Waals surface area contributed by atoms with Gasteiger partial charge >= 0.3 is 0 Å². The monoisotopic (exact) mass is 352 g/mol. The Morgan fingerprint density at radius 1 is 1.16 bits per heavy atom. The van der Waals surface area contributed by atoms with Crippen molar-refractivity contribution in [2.24, 2.45) is 0 Å². The van der Waals surface area contributed by atoms with Gasteiger partial charge in [0.2, 0.25) is 0 Å². The molecule has 132 valence electrons. The Bertz CT molecular complexity index is 782. The Labute approximate surface area is 141 Å². The number of hydrogen-bond acceptors (Lipinski definition) is 5. The summed E-state index contributed by atoms with van der Waals surface area (Å²) in [6, 6.07) is 3.32. The minimum absolute atomic E-state index is 0.0740. The van der Waals surface area contributed by atoms with Crippen molar-refractivity contribution >= 4 is 11.7 Å². The maximum atomic E-state index is 13.6. The van der Waals surface area contributed by atoms with Crippen LogP contribution in [-0.4, -0.2) is 42.2 Å². The van der Waals surface area contributed by atoms with Crippen molar-refractivity contribution in [1.29, 1.82) is 0 Å². The number of nitrogens with zero attached hydrogens (tertiary/aromatic N) is 3. The molecule has 0 spiro atoms. The zero-order valence-corrected chi connectivity index (χ0v) is 13.1. The number of benzene rings is 1. The molecule has 1 aliphatic heterocycles. The molecule has 0 saturated carbocycles. The predicted octanol–water partition coefficient (Wildman–Crippen LogP) is 1.66. The molecule has 0 unspecified atom stereocenters. The van der Waals surface area contributed by atoms with Crippen molar-refractivity contribution in [2.45, 2.75) is 6.54 Å². The summed E-state index contributed by atoms with van der Waals surface area (Å²) in [5, 5.41) is 2.40. The van der Waals surface area contributed by atoms with Crippen LogP contribution in [0.4, 0.5) is 19.0 Å². The van der Waals surface area contributed by atoms with Gasteiger partial charge in [0.25, 0.3) is 5.91 Å². The first-order valence-electron chi connectivity index (χ1n) is 7.62. The first-order valence-corrected chi connectivity index (χ1v) is 7.62. The fourth-order valence-corrected chi connectivity index (χ4v) is 2.40. The second kappa shape index (κ2) is 7.47. The minimum atomic E-state index is -1.68. The molecule has 0 atom stereocenters. The van der Waals surface area contributed by atoms with Crippen LogP contribution in [0.25, 0.3) is 0 Å². The van der Waals surface area contributed by atoms with Crippen LogP contribution >= 0.6 is 0 Å². The zero-order valence-electron chi connectivity index (χ0n) is 13.1. The van der Waals surface area contributed by atoms with Gasteiger partial charge in [0, 0.05) is 19.3 Å². The average Bonchev–Trinajstić information content (AvgIpc) is 2.65. The smallest absolute Gasteiger partial charge is 0.254 e. The van der Waals surface area contributed by atoms with Crippen LogP contribution in [0.5, 0.6) is 0 Å². The lowest BCUT2D eigenvalue weighted by atomic mass is 10.2. The van der Waals surface area contributed by atoms with Gasteiger partial charge in [-0.3, -0.25) is 4.79 Å². The van der Waals surface area contributed by atoms with E-state index in [0.29, 0.717) is 44.0 Å². The molecule has 1 amide bonds. The van der Waals surface area contributed by atoms with Crippen molar-refractivity contribution in [1.82, 2.24) is 15.3 Å². The first-order chi connectivity index (χ1) is 12.1. The molecule has 2 aromatic rings. The van der Waals surface area contributed by atoms with E-state index in [9.17, 15) is 18.0 Å². The Balaban J connectivity index is 1.67. The molecule has 0 aliphatic carbocycles. The van der Waals surface area contributed by atoms with Crippen LogP contribution in [0, 0.1) is 17.5 Å². The highest BCUT2D eigenvalue weighted by atomic mass is 19.2. The normalized spacial score (nSPS) is 14.4. The van der Waals surface area contributed by atoms with Crippen molar-refractivity contribution < 1.29 is 22.7 Å². The van der Waals surface area contributed by atoms with Gasteiger partial charge in [-0.15, -0.1) is 0 Å². The molecular formula is C16H15F3N4O2. The van der Waals surface area contributed by atoms with E-state index in [2.05, 4.69) is 15.3 Å². The standard InChI is InChI=1S/C16H15F3N4O2/c17-11-2-1-10(14(18)15(11)19)16(24)21-9-12-20-4-3-13(22-12)23-5-7-25-8-6-23/h1-4H,5-9H2,(H,21,24). The molecule has 9 heteroatoms. The lowest BCUT2D eigenvalue weighted by Crippen LogP contribution is -2.37. The number of nitrogens with one attached hydrogen (secondary N) is 1. The van der Waals surface area contributed by atoms with Gasteiger partial charge < -0.3 is 15.0 Å². The first kappa shape index (κ1) is 17.2. The maximum absolute atomic E-state index is 13.6. The summed E-state index contributed by atoms with van der Waals surface area (Å²) in [7, 11) is 0. The Morgan fingerprint density at radius 2 is 1.92 bits per heavy atom. The van der Waals surface area contributed by atoms with Crippen LogP contribution in [-0.2, 0) is 11.3 Å². The van der Waals surface area contributed by atoms with E-state index < -0.39 is 28.9 Å². The molecule has 1 N–H and O–H groups in total. The number of halogens is 3. The summed E-state index contributed by atoms with van der Waals surface area (Å²) in [6.45, 7) is 2.53. The van der Waals surface area contributed by atoms with Crippen LogP contribution < -0.4 is 10.2 Å². The van der Waals surface area contributed by atoms with Crippen LogP contribution in [0.15, 0.2) is 24.4 Å². The van der Waals surface area contributed by atoms with E-state index >= 15 is 0 Å². The van der Waals surface area contributed by atoms with Gasteiger partial charge in [-0.1, -0.05) is 0 Å². The highest BCUT2D eigenvalue weighted by Crippen LogP contribution is 2.15. The molecule has 25 heavy (non-hydrogen) atoms. The van der Waals surface area contributed by atoms with E-state index in [4.69, 9.17) is 4.74 Å². The Morgan fingerprint density at radius 3 is 2.68 bits per heavy atom. The minimum Gasteiger partial charge on any atom is -0.378 e. The highest BCUT2D eigenvalue weighted by Gasteiger charge is 2.19. The molecule has 0 radical (unpaired) electrons. The molecule has 1 aromatic carbocycles. The number of hydrogen-bond donors (Lipinski definition) is 1. The number of aromatic nitrogens is 2. The Hall–Kier alpha value is -2.68. The summed E-state index contributed by atoms with van der Waals surface area (Å²) in [5.74, 6) is -4.42. The van der Waals surface area contributed by atoms with Gasteiger partial charge in [0.15, 0.2) is 17.5 Å². The summed E-state index contributed by atoms with van der Waals surface area (Å²) < 4.78 is 45.0. The van der Waals surface area contributed by atoms with Crippen molar-refractivity contribution in [3.05, 3.63) is 53.2 Å². The largest absolute Gasteiger partial charge is 0.378 e. The topological polar surface area (TPSA) is 67.4 Å². The van der Waals surface area contributed by atoms with Gasteiger partial charge in [-0.25, -0.2) is 23.1 Å². The number of ether oxygens (including phenoxy) is 1. The van der Waals surface area contributed by atoms with Gasteiger partial charge in [0.05, 0.1) is 25.3 Å². The quantitative estimate of drug-likeness (QED) is 0.848. The van der Waals surface area contributed by atoms with Gasteiger partial charge in [-0.2, -0.15) is 0 Å². The van der Waals surface area contributed by atoms with E-state index in [1.54, 1.807) is 12.3 Å². The SMILES string of the molecule is O=C(NCc1nccc(N2CCOCC2)n1)c1ccc(F)c(F)c1F. The van der Waals surface area contributed by atoms with Gasteiger partial charge in [-0.05, 0) is 18.2 Å². The third-order valence-electron chi connectivity index (χ3n) is 3.71. The van der Waals surface area contributed by atoms with Crippen molar-refractivity contribution in [3.63, 3.8) is 0 Å². The molecule has 1 saturated heterocycles. The summed E-state index contributed by atoms with van der Waals surface area (Å²) in [5.41, 5.74) is -0.580. The average molecular weight is 352 g/mol. The molecule has 1 aliphatic rings. The zero-order chi connectivity index (χ0) is 17.8. The molecule has 6 nitrogen and oxygen atoms in total. The second-order valence-electron chi connectivity index (χ2n) is 5.34. The number of rotatable bonds is 4. The number of carbonyl (C=O) groups is 1. The number of morpholine rings is 1. The predicted molar refractivity (Wildman–Crippen MR) is 82.6 cm³/mol. The fraction of sp³-hybridized carbons (Fsp3) is 0.312. The molecule has 1 aromatic heterocycles. The molecule has 0 bridgehead atoms. The maximum Gasteiger partial charge on any atom is 0.254 e. The highest BCUT2D eigenvalue weighted by molar-refractivity contribution is 5.94. The fourth-order valence-electron chi connectivity index (χ4n) is 2.40. The van der Waals surface area contributed by atoms with Gasteiger partial charge in [0.1, 0.15) is 11.6 Å². The lowest BCUT2D eigenvalue weighted by Gasteiger charge is -2.27. The van der Waals surface area contributed by atoms with Crippen molar-refractivity contribution in [2.75, 3.05) is 31.2 Å². The second-order valence-corrected chi connectivity index (χ2v) is 5.34. The van der Waals surface area contributed by atoms with Crippen molar-refractivity contribution in [3.8, 4) is 0 Å². The Kier molecular flexibility index (Phi) is 5.13. The lowest BCUT2D eigenvalue weighted by molar-refractivity contribution is 0.0944. The summed E-state index contributed by atoms with van der Waals surface area (Å²) >= 11 is 0.